The summed E-state index contributed by atoms with van der Waals surface area (Å²) >= 11 is 0. The quantitative estimate of drug-likeness (QED) is 0.177. The number of hydrogen-bond donors (Lipinski definition) is 3. The van der Waals surface area contributed by atoms with Gasteiger partial charge >= 0.3 is 43.4 Å². The first kappa shape index (κ1) is 35.5. The summed E-state index contributed by atoms with van der Waals surface area (Å²) in [5.41, 5.74) is 3.12. The number of fused-ring (bicyclic) bond motifs is 2. The first-order chi connectivity index (χ1) is 22.5. The van der Waals surface area contributed by atoms with E-state index in [4.69, 9.17) is 0 Å². The van der Waals surface area contributed by atoms with Gasteiger partial charge in [0.15, 0.2) is 0 Å². The molecule has 6 rings (SSSR count). The number of urea groups is 1. The van der Waals surface area contributed by atoms with E-state index < -0.39 is 32.1 Å². The third kappa shape index (κ3) is 7.58. The zero-order chi connectivity index (χ0) is 33.3. The van der Waals surface area contributed by atoms with Crippen molar-refractivity contribution in [2.45, 2.75) is 44.7 Å². The molecule has 13 nitrogen and oxygen atoms in total. The molecular formula is C33H36N6NaO7P. The van der Waals surface area contributed by atoms with Gasteiger partial charge < -0.3 is 21.1 Å². The molecule has 0 aliphatic carbocycles. The molecular weight excluding hydrogens is 646 g/mol. The predicted molar refractivity (Wildman–Crippen MR) is 173 cm³/mol. The summed E-state index contributed by atoms with van der Waals surface area (Å²) < 4.78 is 16.0. The first-order valence-corrected chi connectivity index (χ1v) is 16.6. The van der Waals surface area contributed by atoms with E-state index in [2.05, 4.69) is 14.8 Å². The van der Waals surface area contributed by atoms with Crippen LogP contribution in [0.5, 0.6) is 5.75 Å². The smallest absolute Gasteiger partial charge is 1.00 e. The molecule has 4 amide bonds. The second kappa shape index (κ2) is 14.8. The molecule has 2 fully saturated rings. The molecule has 2 aliphatic rings. The number of benzene rings is 3. The van der Waals surface area contributed by atoms with Crippen molar-refractivity contribution in [3.05, 3.63) is 108 Å². The van der Waals surface area contributed by atoms with Gasteiger partial charge in [-0.2, -0.15) is 0 Å². The fourth-order valence-electron chi connectivity index (χ4n) is 6.35. The van der Waals surface area contributed by atoms with Crippen LogP contribution in [0.2, 0.25) is 0 Å². The predicted octanol–water partition coefficient (Wildman–Crippen LogP) is 0.392. The van der Waals surface area contributed by atoms with Gasteiger partial charge in [-0.15, -0.1) is 0 Å². The Bertz CT molecular complexity index is 1850. The van der Waals surface area contributed by atoms with Crippen molar-refractivity contribution in [1.29, 1.82) is 0 Å². The molecule has 48 heavy (non-hydrogen) atoms. The Labute approximate surface area is 301 Å². The summed E-state index contributed by atoms with van der Waals surface area (Å²) in [7, 11) is -3.08. The van der Waals surface area contributed by atoms with Gasteiger partial charge in [0.25, 0.3) is 0 Å². The van der Waals surface area contributed by atoms with E-state index in [1.165, 1.54) is 22.0 Å². The van der Waals surface area contributed by atoms with Crippen LogP contribution >= 0.6 is 7.82 Å². The van der Waals surface area contributed by atoms with E-state index in [0.29, 0.717) is 5.56 Å². The molecule has 3 atom stereocenters. The van der Waals surface area contributed by atoms with Crippen molar-refractivity contribution in [3.8, 4) is 5.75 Å². The summed E-state index contributed by atoms with van der Waals surface area (Å²) in [5.74, 6) is -0.631. The third-order valence-electron chi connectivity index (χ3n) is 8.51. The number of amides is 4. The van der Waals surface area contributed by atoms with Crippen LogP contribution in [0.3, 0.4) is 0 Å². The Morgan fingerprint density at radius 3 is 2.42 bits per heavy atom. The number of aromatic nitrogens is 1. The zero-order valence-electron chi connectivity index (χ0n) is 27.8. The Balaban J connectivity index is 0.00000270. The maximum Gasteiger partial charge on any atom is 1.00 e. The maximum atomic E-state index is 14.5. The van der Waals surface area contributed by atoms with E-state index in [-0.39, 0.29) is 74.6 Å². The van der Waals surface area contributed by atoms with Crippen LogP contribution in [-0.4, -0.2) is 84.3 Å². The summed E-state index contributed by atoms with van der Waals surface area (Å²) in [5, 5.41) is 6.99. The first-order valence-electron chi connectivity index (χ1n) is 15.1. The largest absolute Gasteiger partial charge is 1.00 e. The van der Waals surface area contributed by atoms with Crippen LogP contribution < -0.4 is 39.4 Å². The average Bonchev–Trinajstić information content (AvgIpc) is 3.04. The zero-order valence-corrected chi connectivity index (χ0v) is 29.7. The number of para-hydroxylation sites is 1. The molecule has 15 heteroatoms. The van der Waals surface area contributed by atoms with Crippen LogP contribution in [0.4, 0.5) is 4.79 Å². The van der Waals surface area contributed by atoms with Crippen molar-refractivity contribution in [2.75, 3.05) is 13.6 Å². The number of nitrogens with zero attached hydrogens (tertiary/aromatic N) is 5. The summed E-state index contributed by atoms with van der Waals surface area (Å²) in [4.78, 5) is 68.2. The van der Waals surface area contributed by atoms with Gasteiger partial charge in [0.2, 0.25) is 11.8 Å². The number of rotatable bonds is 8. The number of hydrogen-bond acceptors (Lipinski definition) is 7. The van der Waals surface area contributed by atoms with Crippen molar-refractivity contribution >= 4 is 36.6 Å². The minimum Gasteiger partial charge on any atom is -1.00 e. The van der Waals surface area contributed by atoms with E-state index in [0.717, 1.165) is 22.0 Å². The summed E-state index contributed by atoms with van der Waals surface area (Å²) in [6.07, 6.45) is 0.961. The third-order valence-corrected chi connectivity index (χ3v) is 8.96. The standard InChI is InChI=1S/C33H35N6O7P.Na.H/c1-22-31-38(29(40)21-36(2)39(31)33(42)35-19-24-8-4-3-5-9-24)28(18-23-13-15-27(16-14-23)46-47(43,44)45)32(41)37(22)20-26-11-6-10-25-12-7-17-34-30(25)26;;/h3-17,22,28,31H,18-21H2,1-2H3,(H,35,42)(H2,43,44,45);;/q;+1;-1/t22-,28-,31?;;/m0../s1. The van der Waals surface area contributed by atoms with E-state index in [9.17, 15) is 28.7 Å². The van der Waals surface area contributed by atoms with Gasteiger partial charge in [-0.05, 0) is 41.8 Å². The minimum atomic E-state index is -4.76. The Kier molecular flexibility index (Phi) is 10.9. The van der Waals surface area contributed by atoms with Gasteiger partial charge in [0, 0.05) is 38.1 Å². The van der Waals surface area contributed by atoms with E-state index in [1.54, 1.807) is 35.3 Å². The number of pyridine rings is 1. The Morgan fingerprint density at radius 1 is 1.00 bits per heavy atom. The van der Waals surface area contributed by atoms with Gasteiger partial charge in [-0.25, -0.2) is 19.4 Å². The van der Waals surface area contributed by atoms with Gasteiger partial charge in [-0.1, -0.05) is 66.7 Å². The molecule has 2 saturated heterocycles. The normalized spacial score (nSPS) is 19.9. The molecule has 0 spiro atoms. The van der Waals surface area contributed by atoms with Gasteiger partial charge in [0.05, 0.1) is 18.1 Å². The van der Waals surface area contributed by atoms with E-state index in [1.807, 2.05) is 67.6 Å². The van der Waals surface area contributed by atoms with Crippen molar-refractivity contribution < 1.29 is 64.2 Å². The SMILES string of the molecule is C[C@H]1C2N(C(=O)CN(C)N2C(=O)NCc2ccccc2)[C@@H](Cc2ccc(OP(=O)(O)O)cc2)C(=O)N1Cc1cccc2cccnc12.[H-].[Na+]. The van der Waals surface area contributed by atoms with Gasteiger partial charge in [-0.3, -0.25) is 24.4 Å². The molecule has 3 heterocycles. The molecule has 0 saturated carbocycles. The molecule has 0 bridgehead atoms. The number of phosphoric acid groups is 1. The van der Waals surface area contributed by atoms with E-state index >= 15 is 0 Å². The number of carbonyl (C=O) groups excluding carboxylic acids is 3. The fraction of sp³-hybridized carbons (Fsp3) is 0.273. The Morgan fingerprint density at radius 2 is 1.71 bits per heavy atom. The molecule has 3 N–H and O–H groups in total. The molecule has 4 aromatic rings. The number of hydrazine groups is 1. The minimum absolute atomic E-state index is 0. The Hall–Kier alpha value is -3.81. The number of piperazine rings is 1. The van der Waals surface area contributed by atoms with Crippen molar-refractivity contribution in [3.63, 3.8) is 0 Å². The van der Waals surface area contributed by atoms with Crippen LogP contribution in [0.1, 0.15) is 25.0 Å². The summed E-state index contributed by atoms with van der Waals surface area (Å²) in [6.45, 7) is 2.19. The van der Waals surface area contributed by atoms with Gasteiger partial charge in [0.1, 0.15) is 18.0 Å². The van der Waals surface area contributed by atoms with Crippen molar-refractivity contribution in [1.82, 2.24) is 30.1 Å². The fourth-order valence-corrected chi connectivity index (χ4v) is 6.75. The average molecular weight is 683 g/mol. The molecule has 1 aromatic heterocycles. The molecule has 1 unspecified atom stereocenters. The molecule has 3 aromatic carbocycles. The molecule has 0 radical (unpaired) electrons. The number of nitrogens with one attached hydrogen (secondary N) is 1. The maximum absolute atomic E-state index is 14.5. The second-order valence-electron chi connectivity index (χ2n) is 11.7. The van der Waals surface area contributed by atoms with Crippen molar-refractivity contribution in [2.24, 2.45) is 0 Å². The van der Waals surface area contributed by atoms with Crippen LogP contribution in [0.25, 0.3) is 10.9 Å². The van der Waals surface area contributed by atoms with Crippen LogP contribution in [0.15, 0.2) is 91.1 Å². The van der Waals surface area contributed by atoms with Crippen LogP contribution in [0, 0.1) is 0 Å². The topological polar surface area (TPSA) is 156 Å². The number of phosphoric ester groups is 1. The number of likely N-dealkylation sites (N-methyl/N-ethyl adjacent to an activating group) is 1. The summed E-state index contributed by atoms with van der Waals surface area (Å²) in [6, 6.07) is 23.0. The number of carbonyl (C=O) groups is 3. The monoisotopic (exact) mass is 682 g/mol. The molecule has 2 aliphatic heterocycles. The van der Waals surface area contributed by atoms with Crippen LogP contribution in [-0.2, 0) is 33.7 Å². The second-order valence-corrected chi connectivity index (χ2v) is 12.8. The molecule has 246 valence electrons.